The number of nitrogens with one attached hydrogen (secondary N) is 1. The normalized spacial score (nSPS) is 17.8. The fourth-order valence-electron chi connectivity index (χ4n) is 1.24. The van der Waals surface area contributed by atoms with Crippen molar-refractivity contribution in [1.82, 2.24) is 20.4 Å². The number of aromatic nitrogens is 2. The molecule has 0 amide bonds. The first-order valence-corrected chi connectivity index (χ1v) is 4.43. The van der Waals surface area contributed by atoms with Gasteiger partial charge in [0.25, 0.3) is 0 Å². The zero-order chi connectivity index (χ0) is 9.26. The number of nitrogens with zero attached hydrogens (tertiary/aromatic N) is 3. The van der Waals surface area contributed by atoms with Crippen molar-refractivity contribution in [2.24, 2.45) is 0 Å². The van der Waals surface area contributed by atoms with Gasteiger partial charge in [0.2, 0.25) is 5.89 Å². The van der Waals surface area contributed by atoms with E-state index >= 15 is 0 Å². The molecular weight excluding hydrogens is 168 g/mol. The third-order valence-corrected chi connectivity index (χ3v) is 2.07. The number of hydrogen-bond acceptors (Lipinski definition) is 5. The molecule has 1 aliphatic rings. The Morgan fingerprint density at radius 1 is 1.54 bits per heavy atom. The molecule has 1 aliphatic heterocycles. The van der Waals surface area contributed by atoms with Crippen LogP contribution in [0.15, 0.2) is 4.52 Å². The van der Waals surface area contributed by atoms with E-state index in [2.05, 4.69) is 15.5 Å². The van der Waals surface area contributed by atoms with Crippen molar-refractivity contribution >= 4 is 0 Å². The van der Waals surface area contributed by atoms with Crippen molar-refractivity contribution in [2.75, 3.05) is 27.2 Å². The summed E-state index contributed by atoms with van der Waals surface area (Å²) in [7, 11) is 3.97. The van der Waals surface area contributed by atoms with Crippen molar-refractivity contribution in [3.8, 4) is 0 Å². The summed E-state index contributed by atoms with van der Waals surface area (Å²) in [5, 5.41) is 7.08. The Hall–Kier alpha value is -0.940. The third-order valence-electron chi connectivity index (χ3n) is 2.07. The van der Waals surface area contributed by atoms with Crippen LogP contribution in [0.4, 0.5) is 0 Å². The molecule has 2 rings (SSSR count). The summed E-state index contributed by atoms with van der Waals surface area (Å²) < 4.78 is 5.14. The van der Waals surface area contributed by atoms with E-state index in [1.54, 1.807) is 0 Å². The van der Waals surface area contributed by atoms with E-state index in [1.807, 2.05) is 19.0 Å². The maximum Gasteiger partial charge on any atom is 0.232 e. The van der Waals surface area contributed by atoms with Crippen LogP contribution in [-0.4, -0.2) is 42.2 Å². The second-order valence-electron chi connectivity index (χ2n) is 3.64. The molecule has 1 aromatic heterocycles. The first kappa shape index (κ1) is 8.65. The smallest absolute Gasteiger partial charge is 0.232 e. The molecule has 0 unspecified atom stereocenters. The predicted molar refractivity (Wildman–Crippen MR) is 47.3 cm³/mol. The zero-order valence-corrected chi connectivity index (χ0v) is 7.95. The van der Waals surface area contributed by atoms with Gasteiger partial charge in [0, 0.05) is 13.1 Å². The van der Waals surface area contributed by atoms with Gasteiger partial charge in [-0.1, -0.05) is 5.16 Å². The van der Waals surface area contributed by atoms with Gasteiger partial charge in [0.1, 0.15) is 0 Å². The molecule has 0 saturated carbocycles. The fourth-order valence-corrected chi connectivity index (χ4v) is 1.24. The van der Waals surface area contributed by atoms with Crippen LogP contribution in [0.2, 0.25) is 0 Å². The standard InChI is InChI=1S/C8H14N4O/c1-12(2)5-7-10-8(13-11-7)6-3-9-4-6/h6,9H,3-5H2,1-2H3. The molecule has 0 radical (unpaired) electrons. The molecule has 0 bridgehead atoms. The Labute approximate surface area is 77.1 Å². The SMILES string of the molecule is CN(C)Cc1noc(C2CNC2)n1. The average molecular weight is 182 g/mol. The zero-order valence-electron chi connectivity index (χ0n) is 7.95. The Balaban J connectivity index is 2.00. The molecule has 0 aliphatic carbocycles. The van der Waals surface area contributed by atoms with Gasteiger partial charge in [-0.2, -0.15) is 4.98 Å². The van der Waals surface area contributed by atoms with Crippen LogP contribution in [0, 0.1) is 0 Å². The lowest BCUT2D eigenvalue weighted by atomic mass is 10.0. The molecule has 2 heterocycles. The minimum atomic E-state index is 0.434. The highest BCUT2D eigenvalue weighted by molar-refractivity contribution is 5.00. The molecule has 1 aromatic rings. The minimum absolute atomic E-state index is 0.434. The molecule has 1 fully saturated rings. The van der Waals surface area contributed by atoms with Gasteiger partial charge >= 0.3 is 0 Å². The highest BCUT2D eigenvalue weighted by Gasteiger charge is 2.24. The summed E-state index contributed by atoms with van der Waals surface area (Å²) in [5.41, 5.74) is 0. The number of hydrogen-bond donors (Lipinski definition) is 1. The lowest BCUT2D eigenvalue weighted by Crippen LogP contribution is -2.40. The van der Waals surface area contributed by atoms with Gasteiger partial charge in [0.05, 0.1) is 12.5 Å². The van der Waals surface area contributed by atoms with Gasteiger partial charge in [-0.05, 0) is 14.1 Å². The molecule has 0 aromatic carbocycles. The van der Waals surface area contributed by atoms with Crippen LogP contribution in [0.5, 0.6) is 0 Å². The van der Waals surface area contributed by atoms with Gasteiger partial charge < -0.3 is 14.7 Å². The molecule has 0 atom stereocenters. The Morgan fingerprint density at radius 3 is 2.85 bits per heavy atom. The summed E-state index contributed by atoms with van der Waals surface area (Å²) in [6.45, 7) is 2.66. The van der Waals surface area contributed by atoms with E-state index in [9.17, 15) is 0 Å². The largest absolute Gasteiger partial charge is 0.339 e. The first-order valence-electron chi connectivity index (χ1n) is 4.43. The van der Waals surface area contributed by atoms with E-state index in [-0.39, 0.29) is 0 Å². The molecule has 1 N–H and O–H groups in total. The van der Waals surface area contributed by atoms with Crippen LogP contribution in [0.1, 0.15) is 17.6 Å². The van der Waals surface area contributed by atoms with Gasteiger partial charge in [0.15, 0.2) is 5.82 Å². The van der Waals surface area contributed by atoms with Crippen LogP contribution < -0.4 is 5.32 Å². The molecule has 5 heteroatoms. The van der Waals surface area contributed by atoms with Crippen molar-refractivity contribution in [2.45, 2.75) is 12.5 Å². The topological polar surface area (TPSA) is 54.2 Å². The van der Waals surface area contributed by atoms with Crippen LogP contribution in [-0.2, 0) is 6.54 Å². The van der Waals surface area contributed by atoms with Crippen LogP contribution in [0.25, 0.3) is 0 Å². The van der Waals surface area contributed by atoms with E-state index < -0.39 is 0 Å². The van der Waals surface area contributed by atoms with E-state index in [1.165, 1.54) is 0 Å². The molecule has 0 spiro atoms. The average Bonchev–Trinajstić information content (AvgIpc) is 2.31. The predicted octanol–water partition coefficient (Wildman–Crippen LogP) is -0.182. The highest BCUT2D eigenvalue weighted by Crippen LogP contribution is 2.17. The van der Waals surface area contributed by atoms with Gasteiger partial charge in [-0.15, -0.1) is 0 Å². The highest BCUT2D eigenvalue weighted by atomic mass is 16.5. The summed E-state index contributed by atoms with van der Waals surface area (Å²) in [5.74, 6) is 1.98. The third kappa shape index (κ3) is 1.87. The summed E-state index contributed by atoms with van der Waals surface area (Å²) in [6.07, 6.45) is 0. The van der Waals surface area contributed by atoms with E-state index in [4.69, 9.17) is 4.52 Å². The molecule has 5 nitrogen and oxygen atoms in total. The Morgan fingerprint density at radius 2 is 2.31 bits per heavy atom. The van der Waals surface area contributed by atoms with E-state index in [0.29, 0.717) is 5.92 Å². The van der Waals surface area contributed by atoms with Gasteiger partial charge in [-0.25, -0.2) is 0 Å². The van der Waals surface area contributed by atoms with Crippen molar-refractivity contribution < 1.29 is 4.52 Å². The first-order chi connectivity index (χ1) is 6.25. The minimum Gasteiger partial charge on any atom is -0.339 e. The monoisotopic (exact) mass is 182 g/mol. The van der Waals surface area contributed by atoms with Crippen molar-refractivity contribution in [3.05, 3.63) is 11.7 Å². The Bertz CT molecular complexity index is 279. The quantitative estimate of drug-likeness (QED) is 0.702. The van der Waals surface area contributed by atoms with E-state index in [0.717, 1.165) is 31.3 Å². The second-order valence-corrected chi connectivity index (χ2v) is 3.64. The molecule has 72 valence electrons. The number of rotatable bonds is 3. The molecule has 13 heavy (non-hydrogen) atoms. The second kappa shape index (κ2) is 3.43. The lowest BCUT2D eigenvalue weighted by molar-refractivity contribution is 0.302. The maximum absolute atomic E-state index is 5.14. The lowest BCUT2D eigenvalue weighted by Gasteiger charge is -2.22. The fraction of sp³-hybridized carbons (Fsp3) is 0.750. The Kier molecular flexibility index (Phi) is 2.28. The summed E-state index contributed by atoms with van der Waals surface area (Å²) in [4.78, 5) is 6.33. The maximum atomic E-state index is 5.14. The molecule has 1 saturated heterocycles. The van der Waals surface area contributed by atoms with Crippen molar-refractivity contribution in [3.63, 3.8) is 0 Å². The molecular formula is C8H14N4O. The van der Waals surface area contributed by atoms with Crippen molar-refractivity contribution in [1.29, 1.82) is 0 Å². The van der Waals surface area contributed by atoms with Crippen LogP contribution >= 0.6 is 0 Å². The van der Waals surface area contributed by atoms with Gasteiger partial charge in [-0.3, -0.25) is 0 Å². The summed E-state index contributed by atoms with van der Waals surface area (Å²) >= 11 is 0. The van der Waals surface area contributed by atoms with Crippen LogP contribution in [0.3, 0.4) is 0 Å². The summed E-state index contributed by atoms with van der Waals surface area (Å²) in [6, 6.07) is 0.